The Labute approximate surface area is 118 Å². The Balaban J connectivity index is 1.92. The largest absolute Gasteiger partial charge is 0.262 e. The maximum atomic E-state index is 13.1. The molecule has 0 saturated heterocycles. The topological polar surface area (TPSA) is 41.6 Å². The molecule has 0 unspecified atom stereocenters. The van der Waals surface area contributed by atoms with Crippen molar-refractivity contribution in [2.24, 2.45) is 0 Å². The second kappa shape index (κ2) is 4.95. The van der Waals surface area contributed by atoms with Crippen LogP contribution in [-0.4, -0.2) is 15.2 Å². The Morgan fingerprint density at radius 1 is 1.28 bits per heavy atom. The Hall–Kier alpha value is -0.980. The maximum Gasteiger partial charge on any atom is 0.182 e. The molecule has 0 aliphatic heterocycles. The highest BCUT2D eigenvalue weighted by molar-refractivity contribution is 14.1. The van der Waals surface area contributed by atoms with Gasteiger partial charge < -0.3 is 0 Å². The van der Waals surface area contributed by atoms with E-state index in [4.69, 9.17) is 0 Å². The van der Waals surface area contributed by atoms with Gasteiger partial charge in [0, 0.05) is 15.1 Å². The molecule has 2 aromatic rings. The number of hydrogen-bond acceptors (Lipinski definition) is 2. The average Bonchev–Trinajstić information content (AvgIpc) is 2.99. The van der Waals surface area contributed by atoms with E-state index >= 15 is 0 Å². The smallest absolute Gasteiger partial charge is 0.182 e. The first-order chi connectivity index (χ1) is 8.74. The van der Waals surface area contributed by atoms with Crippen LogP contribution in [0.3, 0.4) is 0 Å². The third-order valence-corrected chi connectivity index (χ3v) is 4.31. The van der Waals surface area contributed by atoms with Crippen molar-refractivity contribution in [3.63, 3.8) is 0 Å². The highest BCUT2D eigenvalue weighted by atomic mass is 127. The molecule has 1 N–H and O–H groups in total. The number of rotatable bonds is 2. The molecule has 0 amide bonds. The maximum absolute atomic E-state index is 13.1. The van der Waals surface area contributed by atoms with E-state index < -0.39 is 0 Å². The molecule has 5 heteroatoms. The van der Waals surface area contributed by atoms with Crippen molar-refractivity contribution in [2.45, 2.75) is 31.6 Å². The third-order valence-electron chi connectivity index (χ3n) is 3.42. The van der Waals surface area contributed by atoms with Gasteiger partial charge in [-0.25, -0.2) is 9.37 Å². The number of halogens is 2. The summed E-state index contributed by atoms with van der Waals surface area (Å²) < 4.78 is 13.9. The van der Waals surface area contributed by atoms with Crippen LogP contribution in [0.4, 0.5) is 4.39 Å². The SMILES string of the molecule is Fc1ccc(-c2n[nH]c(C3CCCC3)n2)c(I)c1. The van der Waals surface area contributed by atoms with E-state index in [9.17, 15) is 4.39 Å². The molecule has 1 aromatic heterocycles. The van der Waals surface area contributed by atoms with Crippen LogP contribution in [0, 0.1) is 9.39 Å². The molecule has 0 atom stereocenters. The lowest BCUT2D eigenvalue weighted by molar-refractivity contribution is 0.627. The molecule has 1 aromatic carbocycles. The fourth-order valence-electron chi connectivity index (χ4n) is 2.45. The highest BCUT2D eigenvalue weighted by Crippen LogP contribution is 2.33. The Morgan fingerprint density at radius 2 is 2.06 bits per heavy atom. The predicted octanol–water partition coefficient (Wildman–Crippen LogP) is 3.87. The van der Waals surface area contributed by atoms with Gasteiger partial charge in [-0.3, -0.25) is 5.10 Å². The monoisotopic (exact) mass is 357 g/mol. The van der Waals surface area contributed by atoms with Crippen LogP contribution in [0.1, 0.15) is 37.4 Å². The minimum atomic E-state index is -0.227. The molecule has 1 saturated carbocycles. The van der Waals surface area contributed by atoms with E-state index in [2.05, 4.69) is 37.8 Å². The summed E-state index contributed by atoms with van der Waals surface area (Å²) in [6.07, 6.45) is 4.92. The van der Waals surface area contributed by atoms with Crippen molar-refractivity contribution in [1.82, 2.24) is 15.2 Å². The summed E-state index contributed by atoms with van der Waals surface area (Å²) in [7, 11) is 0. The zero-order chi connectivity index (χ0) is 12.5. The van der Waals surface area contributed by atoms with Crippen LogP contribution < -0.4 is 0 Å². The normalized spacial score (nSPS) is 16.3. The summed E-state index contributed by atoms with van der Waals surface area (Å²) in [5.74, 6) is 1.93. The van der Waals surface area contributed by atoms with E-state index in [1.807, 2.05) is 0 Å². The second-order valence-electron chi connectivity index (χ2n) is 4.65. The molecule has 3 rings (SSSR count). The lowest BCUT2D eigenvalue weighted by atomic mass is 10.1. The Kier molecular flexibility index (Phi) is 3.32. The lowest BCUT2D eigenvalue weighted by Crippen LogP contribution is -1.94. The summed E-state index contributed by atoms with van der Waals surface area (Å²) in [6, 6.07) is 4.68. The number of H-pyrrole nitrogens is 1. The second-order valence-corrected chi connectivity index (χ2v) is 5.81. The van der Waals surface area contributed by atoms with Crippen LogP contribution in [0.5, 0.6) is 0 Å². The van der Waals surface area contributed by atoms with Gasteiger partial charge in [0.2, 0.25) is 0 Å². The van der Waals surface area contributed by atoms with Gasteiger partial charge in [0.25, 0.3) is 0 Å². The van der Waals surface area contributed by atoms with Crippen molar-refractivity contribution in [2.75, 3.05) is 0 Å². The summed E-state index contributed by atoms with van der Waals surface area (Å²) >= 11 is 2.11. The van der Waals surface area contributed by atoms with Crippen LogP contribution in [0.2, 0.25) is 0 Å². The van der Waals surface area contributed by atoms with Gasteiger partial charge in [-0.15, -0.1) is 0 Å². The van der Waals surface area contributed by atoms with Gasteiger partial charge in [0.15, 0.2) is 5.82 Å². The van der Waals surface area contributed by atoms with Crippen molar-refractivity contribution >= 4 is 22.6 Å². The fourth-order valence-corrected chi connectivity index (χ4v) is 3.17. The van der Waals surface area contributed by atoms with Gasteiger partial charge in [0.1, 0.15) is 11.6 Å². The average molecular weight is 357 g/mol. The number of aromatic nitrogens is 3. The van der Waals surface area contributed by atoms with Gasteiger partial charge in [-0.05, 0) is 53.6 Å². The highest BCUT2D eigenvalue weighted by Gasteiger charge is 2.21. The number of benzene rings is 1. The molecule has 0 bridgehead atoms. The molecule has 1 heterocycles. The Bertz CT molecular complexity index is 561. The van der Waals surface area contributed by atoms with Gasteiger partial charge in [0.05, 0.1) is 0 Å². The van der Waals surface area contributed by atoms with E-state index in [0.717, 1.165) is 15.0 Å². The summed E-state index contributed by atoms with van der Waals surface area (Å²) in [5.41, 5.74) is 0.887. The van der Waals surface area contributed by atoms with E-state index in [1.54, 1.807) is 6.07 Å². The molecular weight excluding hydrogens is 344 g/mol. The first kappa shape index (κ1) is 12.1. The summed E-state index contributed by atoms with van der Waals surface area (Å²) in [4.78, 5) is 4.56. The quantitative estimate of drug-likeness (QED) is 0.829. The van der Waals surface area contributed by atoms with Crippen LogP contribution in [-0.2, 0) is 0 Å². The number of hydrogen-bond donors (Lipinski definition) is 1. The number of nitrogens with one attached hydrogen (secondary N) is 1. The van der Waals surface area contributed by atoms with E-state index in [1.165, 1.54) is 37.8 Å². The number of nitrogens with zero attached hydrogens (tertiary/aromatic N) is 2. The number of aromatic amines is 1. The van der Waals surface area contributed by atoms with Gasteiger partial charge in [-0.2, -0.15) is 5.10 Å². The van der Waals surface area contributed by atoms with Gasteiger partial charge in [-0.1, -0.05) is 12.8 Å². The zero-order valence-electron chi connectivity index (χ0n) is 9.79. The first-order valence-electron chi connectivity index (χ1n) is 6.12. The van der Waals surface area contributed by atoms with Crippen molar-refractivity contribution in [1.29, 1.82) is 0 Å². The molecule has 94 valence electrons. The van der Waals surface area contributed by atoms with Crippen molar-refractivity contribution in [3.05, 3.63) is 33.4 Å². The summed E-state index contributed by atoms with van der Waals surface area (Å²) in [6.45, 7) is 0. The van der Waals surface area contributed by atoms with Crippen molar-refractivity contribution in [3.8, 4) is 11.4 Å². The zero-order valence-corrected chi connectivity index (χ0v) is 11.9. The van der Waals surface area contributed by atoms with Crippen LogP contribution >= 0.6 is 22.6 Å². The molecule has 1 fully saturated rings. The molecule has 1 aliphatic rings. The minimum absolute atomic E-state index is 0.227. The fraction of sp³-hybridized carbons (Fsp3) is 0.385. The van der Waals surface area contributed by atoms with E-state index in [0.29, 0.717) is 11.7 Å². The molecule has 1 aliphatic carbocycles. The first-order valence-corrected chi connectivity index (χ1v) is 7.19. The summed E-state index contributed by atoms with van der Waals surface area (Å²) in [5, 5.41) is 7.29. The van der Waals surface area contributed by atoms with E-state index in [-0.39, 0.29) is 5.82 Å². The predicted molar refractivity (Wildman–Crippen MR) is 75.7 cm³/mol. The van der Waals surface area contributed by atoms with Crippen molar-refractivity contribution < 1.29 is 4.39 Å². The standard InChI is InChI=1S/C13H13FIN3/c14-9-5-6-10(11(15)7-9)13-16-12(17-18-13)8-3-1-2-4-8/h5-8H,1-4H2,(H,16,17,18). The molecule has 3 nitrogen and oxygen atoms in total. The molecule has 18 heavy (non-hydrogen) atoms. The molecule has 0 spiro atoms. The minimum Gasteiger partial charge on any atom is -0.262 e. The molecular formula is C13H13FIN3. The third kappa shape index (κ3) is 2.28. The lowest BCUT2D eigenvalue weighted by Gasteiger charge is -2.02. The van der Waals surface area contributed by atoms with Gasteiger partial charge >= 0.3 is 0 Å². The molecule has 0 radical (unpaired) electrons. The Morgan fingerprint density at radius 3 is 2.78 bits per heavy atom. The van der Waals surface area contributed by atoms with Crippen LogP contribution in [0.15, 0.2) is 18.2 Å². The van der Waals surface area contributed by atoms with Crippen LogP contribution in [0.25, 0.3) is 11.4 Å².